The summed E-state index contributed by atoms with van der Waals surface area (Å²) in [6.07, 6.45) is 9.56. The number of nitrogens with one attached hydrogen (secondary N) is 1. The SMILES string of the molecule is C[C@H](CNC(=O)N(Cc1cccnc1)C1CCCCC1)N1CCOCC1. The minimum absolute atomic E-state index is 0.0564. The van der Waals surface area contributed by atoms with Gasteiger partial charge in [-0.25, -0.2) is 4.79 Å². The molecule has 1 aliphatic carbocycles. The second kappa shape index (κ2) is 9.88. The molecule has 0 bridgehead atoms. The molecule has 2 heterocycles. The Labute approximate surface area is 156 Å². The number of aromatic nitrogens is 1. The molecule has 1 aliphatic heterocycles. The highest BCUT2D eigenvalue weighted by atomic mass is 16.5. The van der Waals surface area contributed by atoms with E-state index in [0.717, 1.165) is 44.7 Å². The fourth-order valence-electron chi connectivity index (χ4n) is 3.93. The van der Waals surface area contributed by atoms with Crippen molar-refractivity contribution in [3.8, 4) is 0 Å². The maximum absolute atomic E-state index is 13.0. The summed E-state index contributed by atoms with van der Waals surface area (Å²) in [7, 11) is 0. The lowest BCUT2D eigenvalue weighted by atomic mass is 9.94. The van der Waals surface area contributed by atoms with Gasteiger partial charge in [0.2, 0.25) is 0 Å². The van der Waals surface area contributed by atoms with Crippen molar-refractivity contribution in [3.05, 3.63) is 30.1 Å². The van der Waals surface area contributed by atoms with Crippen LogP contribution in [0.15, 0.2) is 24.5 Å². The zero-order chi connectivity index (χ0) is 18.2. The predicted octanol–water partition coefficient (Wildman–Crippen LogP) is 2.65. The molecule has 0 radical (unpaired) electrons. The van der Waals surface area contributed by atoms with Crippen molar-refractivity contribution >= 4 is 6.03 Å². The van der Waals surface area contributed by atoms with Gasteiger partial charge in [-0.1, -0.05) is 25.3 Å². The third kappa shape index (κ3) is 5.42. The first-order chi connectivity index (χ1) is 12.7. The molecule has 0 spiro atoms. The van der Waals surface area contributed by atoms with E-state index in [0.29, 0.717) is 25.2 Å². The van der Waals surface area contributed by atoms with Gasteiger partial charge in [0, 0.05) is 50.7 Å². The summed E-state index contributed by atoms with van der Waals surface area (Å²) in [5.41, 5.74) is 1.09. The number of rotatable bonds is 6. The van der Waals surface area contributed by atoms with E-state index in [-0.39, 0.29) is 6.03 Å². The fraction of sp³-hybridized carbons (Fsp3) is 0.700. The third-order valence-corrected chi connectivity index (χ3v) is 5.57. The van der Waals surface area contributed by atoms with E-state index in [1.165, 1.54) is 19.3 Å². The second-order valence-electron chi connectivity index (χ2n) is 7.46. The number of morpholine rings is 1. The Bertz CT molecular complexity index is 542. The molecule has 2 fully saturated rings. The van der Waals surface area contributed by atoms with Gasteiger partial charge in [-0.05, 0) is 31.4 Å². The Morgan fingerprint density at radius 1 is 1.35 bits per heavy atom. The molecule has 2 amide bonds. The smallest absolute Gasteiger partial charge is 0.318 e. The first kappa shape index (κ1) is 19.1. The minimum atomic E-state index is 0.0564. The summed E-state index contributed by atoms with van der Waals surface area (Å²) in [6, 6.07) is 4.71. The van der Waals surface area contributed by atoms with Gasteiger partial charge in [-0.2, -0.15) is 0 Å². The zero-order valence-corrected chi connectivity index (χ0v) is 15.9. The Morgan fingerprint density at radius 3 is 2.81 bits per heavy atom. The minimum Gasteiger partial charge on any atom is -0.379 e. The maximum Gasteiger partial charge on any atom is 0.318 e. The summed E-state index contributed by atoms with van der Waals surface area (Å²) in [6.45, 7) is 6.95. The summed E-state index contributed by atoms with van der Waals surface area (Å²) in [5.74, 6) is 0. The normalized spacial score (nSPS) is 20.5. The van der Waals surface area contributed by atoms with E-state index in [1.807, 2.05) is 23.2 Å². The van der Waals surface area contributed by atoms with Crippen molar-refractivity contribution in [1.29, 1.82) is 0 Å². The Kier molecular flexibility index (Phi) is 7.26. The second-order valence-corrected chi connectivity index (χ2v) is 7.46. The van der Waals surface area contributed by atoms with Crippen LogP contribution in [0.3, 0.4) is 0 Å². The van der Waals surface area contributed by atoms with Crippen LogP contribution < -0.4 is 5.32 Å². The highest BCUT2D eigenvalue weighted by Gasteiger charge is 2.26. The Morgan fingerprint density at radius 2 is 2.12 bits per heavy atom. The molecule has 6 heteroatoms. The molecule has 1 saturated heterocycles. The van der Waals surface area contributed by atoms with Crippen LogP contribution in [0.2, 0.25) is 0 Å². The van der Waals surface area contributed by atoms with Gasteiger partial charge >= 0.3 is 6.03 Å². The highest BCUT2D eigenvalue weighted by molar-refractivity contribution is 5.74. The van der Waals surface area contributed by atoms with E-state index in [4.69, 9.17) is 4.74 Å². The van der Waals surface area contributed by atoms with E-state index >= 15 is 0 Å². The van der Waals surface area contributed by atoms with Crippen LogP contribution >= 0.6 is 0 Å². The lowest BCUT2D eigenvalue weighted by Crippen LogP contribution is -2.51. The molecule has 2 aliphatic rings. The van der Waals surface area contributed by atoms with E-state index in [9.17, 15) is 4.79 Å². The van der Waals surface area contributed by atoms with Gasteiger partial charge in [0.05, 0.1) is 13.2 Å². The van der Waals surface area contributed by atoms with Crippen molar-refractivity contribution in [2.75, 3.05) is 32.8 Å². The van der Waals surface area contributed by atoms with Gasteiger partial charge in [0.15, 0.2) is 0 Å². The van der Waals surface area contributed by atoms with Crippen LogP contribution in [0.1, 0.15) is 44.6 Å². The highest BCUT2D eigenvalue weighted by Crippen LogP contribution is 2.24. The lowest BCUT2D eigenvalue weighted by molar-refractivity contribution is 0.0205. The number of amides is 2. The summed E-state index contributed by atoms with van der Waals surface area (Å²) in [4.78, 5) is 21.6. The zero-order valence-electron chi connectivity index (χ0n) is 15.9. The standard InChI is InChI=1S/C20H32N4O2/c1-17(23-10-12-26-13-11-23)14-22-20(25)24(19-7-3-2-4-8-19)16-18-6-5-9-21-15-18/h5-6,9,15,17,19H,2-4,7-8,10-14,16H2,1H3,(H,22,25)/t17-/m1/s1. The molecular weight excluding hydrogens is 328 g/mol. The molecule has 1 atom stereocenters. The van der Waals surface area contributed by atoms with E-state index in [1.54, 1.807) is 6.20 Å². The first-order valence-electron chi connectivity index (χ1n) is 9.99. The maximum atomic E-state index is 13.0. The van der Waals surface area contributed by atoms with Crippen molar-refractivity contribution in [3.63, 3.8) is 0 Å². The van der Waals surface area contributed by atoms with Crippen LogP contribution in [0.4, 0.5) is 4.79 Å². The van der Waals surface area contributed by atoms with Crippen LogP contribution in [0, 0.1) is 0 Å². The topological polar surface area (TPSA) is 57.7 Å². The number of hydrogen-bond acceptors (Lipinski definition) is 4. The van der Waals surface area contributed by atoms with Crippen molar-refractivity contribution in [2.45, 2.75) is 57.7 Å². The number of nitrogens with zero attached hydrogens (tertiary/aromatic N) is 3. The summed E-state index contributed by atoms with van der Waals surface area (Å²) >= 11 is 0. The molecular formula is C20H32N4O2. The largest absolute Gasteiger partial charge is 0.379 e. The van der Waals surface area contributed by atoms with E-state index < -0.39 is 0 Å². The number of hydrogen-bond donors (Lipinski definition) is 1. The van der Waals surface area contributed by atoms with Crippen LogP contribution in [-0.2, 0) is 11.3 Å². The molecule has 1 aromatic rings. The molecule has 0 aromatic carbocycles. The predicted molar refractivity (Wildman–Crippen MR) is 102 cm³/mol. The number of ether oxygens (including phenoxy) is 1. The Balaban J connectivity index is 1.58. The monoisotopic (exact) mass is 360 g/mol. The first-order valence-corrected chi connectivity index (χ1v) is 9.99. The average Bonchev–Trinajstić information content (AvgIpc) is 2.72. The average molecular weight is 361 g/mol. The van der Waals surface area contributed by atoms with Gasteiger partial charge in [0.1, 0.15) is 0 Å². The van der Waals surface area contributed by atoms with Gasteiger partial charge < -0.3 is 15.0 Å². The molecule has 26 heavy (non-hydrogen) atoms. The number of carbonyl (C=O) groups excluding carboxylic acids is 1. The lowest BCUT2D eigenvalue weighted by Gasteiger charge is -2.36. The van der Waals surface area contributed by atoms with Gasteiger partial charge in [-0.3, -0.25) is 9.88 Å². The molecule has 0 unspecified atom stereocenters. The van der Waals surface area contributed by atoms with Crippen molar-refractivity contribution < 1.29 is 9.53 Å². The molecule has 6 nitrogen and oxygen atoms in total. The molecule has 3 rings (SSSR count). The third-order valence-electron chi connectivity index (χ3n) is 5.57. The van der Waals surface area contributed by atoms with Crippen LogP contribution in [0.25, 0.3) is 0 Å². The van der Waals surface area contributed by atoms with E-state index in [2.05, 4.69) is 22.1 Å². The van der Waals surface area contributed by atoms with Crippen LogP contribution in [0.5, 0.6) is 0 Å². The van der Waals surface area contributed by atoms with Crippen LogP contribution in [-0.4, -0.2) is 65.7 Å². The molecule has 1 N–H and O–H groups in total. The van der Waals surface area contributed by atoms with Gasteiger partial charge in [0.25, 0.3) is 0 Å². The molecule has 144 valence electrons. The molecule has 1 saturated carbocycles. The number of urea groups is 1. The quantitative estimate of drug-likeness (QED) is 0.847. The Hall–Kier alpha value is -1.66. The summed E-state index contributed by atoms with van der Waals surface area (Å²) < 4.78 is 5.42. The van der Waals surface area contributed by atoms with Gasteiger partial charge in [-0.15, -0.1) is 0 Å². The number of pyridine rings is 1. The summed E-state index contributed by atoms with van der Waals surface area (Å²) in [5, 5.41) is 3.18. The molecule has 1 aromatic heterocycles. The van der Waals surface area contributed by atoms with Crippen molar-refractivity contribution in [2.24, 2.45) is 0 Å². The van der Waals surface area contributed by atoms with Crippen molar-refractivity contribution in [1.82, 2.24) is 20.1 Å². The fourth-order valence-corrected chi connectivity index (χ4v) is 3.93. The number of carbonyl (C=O) groups is 1.